The summed E-state index contributed by atoms with van der Waals surface area (Å²) in [6.45, 7) is 7.03. The molecule has 0 saturated carbocycles. The third-order valence-electron chi connectivity index (χ3n) is 5.51. The molecule has 2 aromatic carbocycles. The van der Waals surface area contributed by atoms with Gasteiger partial charge in [0, 0.05) is 48.9 Å². The zero-order valence-electron chi connectivity index (χ0n) is 17.7. The number of amides is 2. The van der Waals surface area contributed by atoms with Crippen LogP contribution in [-0.4, -0.2) is 68.0 Å². The van der Waals surface area contributed by atoms with Gasteiger partial charge in [0.2, 0.25) is 0 Å². The fraction of sp³-hybridized carbons (Fsp3) is 0.391. The molecular weight excluding hydrogens is 412 g/mol. The monoisotopic (exact) mass is 440 g/mol. The fourth-order valence-corrected chi connectivity index (χ4v) is 4.96. The van der Waals surface area contributed by atoms with Crippen molar-refractivity contribution in [3.8, 4) is 0 Å². The van der Waals surface area contributed by atoms with Crippen LogP contribution >= 0.6 is 11.8 Å². The van der Waals surface area contributed by atoms with Gasteiger partial charge in [0.05, 0.1) is 18.9 Å². The van der Waals surface area contributed by atoms with E-state index in [1.165, 1.54) is 11.8 Å². The van der Waals surface area contributed by atoms with Crippen LogP contribution in [0, 0.1) is 0 Å². The summed E-state index contributed by atoms with van der Waals surface area (Å²) in [6, 6.07) is 15.7. The molecule has 2 aliphatic heterocycles. The third-order valence-corrected chi connectivity index (χ3v) is 6.86. The minimum atomic E-state index is -0.255. The van der Waals surface area contributed by atoms with Crippen LogP contribution < -0.4 is 15.5 Å². The topological polar surface area (TPSA) is 73.9 Å². The van der Waals surface area contributed by atoms with Gasteiger partial charge >= 0.3 is 0 Å². The van der Waals surface area contributed by atoms with Gasteiger partial charge in [-0.05, 0) is 37.3 Å². The number of rotatable bonds is 7. The molecular formula is C23H28N4O3S. The average molecular weight is 441 g/mol. The molecule has 8 heteroatoms. The Morgan fingerprint density at radius 1 is 1.23 bits per heavy atom. The number of benzene rings is 2. The van der Waals surface area contributed by atoms with Gasteiger partial charge in [-0.15, -0.1) is 0 Å². The molecule has 0 aromatic heterocycles. The second-order valence-corrected chi connectivity index (χ2v) is 8.61. The van der Waals surface area contributed by atoms with Crippen LogP contribution in [0.15, 0.2) is 53.4 Å². The lowest BCUT2D eigenvalue weighted by Gasteiger charge is -2.35. The zero-order valence-corrected chi connectivity index (χ0v) is 18.5. The number of hydrogen-bond acceptors (Lipinski definition) is 6. The second kappa shape index (κ2) is 10.2. The molecule has 2 aliphatic rings. The fourth-order valence-electron chi connectivity index (χ4n) is 3.81. The van der Waals surface area contributed by atoms with Crippen LogP contribution in [0.25, 0.3) is 0 Å². The highest BCUT2D eigenvalue weighted by Crippen LogP contribution is 2.37. The van der Waals surface area contributed by atoms with Crippen LogP contribution in [0.1, 0.15) is 17.3 Å². The highest BCUT2D eigenvalue weighted by Gasteiger charge is 2.33. The van der Waals surface area contributed by atoms with Crippen molar-refractivity contribution in [2.75, 3.05) is 56.2 Å². The first-order valence-electron chi connectivity index (χ1n) is 10.7. The molecule has 0 aliphatic carbocycles. The maximum atomic E-state index is 12.7. The summed E-state index contributed by atoms with van der Waals surface area (Å²) in [6.07, 6.45) is 0. The summed E-state index contributed by atoms with van der Waals surface area (Å²) in [7, 11) is 0. The quantitative estimate of drug-likeness (QED) is 0.690. The summed E-state index contributed by atoms with van der Waals surface area (Å²) in [4.78, 5) is 30.6. The first kappa shape index (κ1) is 21.7. The molecule has 1 unspecified atom stereocenters. The lowest BCUT2D eigenvalue weighted by atomic mass is 10.1. The molecule has 7 nitrogen and oxygen atoms in total. The summed E-state index contributed by atoms with van der Waals surface area (Å²) >= 11 is 1.53. The van der Waals surface area contributed by atoms with Crippen molar-refractivity contribution in [1.82, 2.24) is 10.2 Å². The lowest BCUT2D eigenvalue weighted by molar-refractivity contribution is -0.119. The molecule has 2 aromatic rings. The molecule has 31 heavy (non-hydrogen) atoms. The Morgan fingerprint density at radius 2 is 2.00 bits per heavy atom. The Hall–Kier alpha value is -2.55. The number of carbonyl (C=O) groups excluding carboxylic acids is 2. The Morgan fingerprint density at radius 3 is 2.74 bits per heavy atom. The molecule has 1 atom stereocenters. The normalized spacial score (nSPS) is 18.7. The minimum Gasteiger partial charge on any atom is -0.379 e. The molecule has 2 heterocycles. The van der Waals surface area contributed by atoms with Gasteiger partial charge in [-0.2, -0.15) is 0 Å². The number of para-hydroxylation sites is 1. The SMILES string of the molecule is CCN(CCNC(=O)c1ccc2c(c1)NC(=O)C(N1CCOCC1)S2)c1ccccc1. The van der Waals surface area contributed by atoms with Crippen molar-refractivity contribution in [2.24, 2.45) is 0 Å². The molecule has 2 amide bonds. The molecule has 164 valence electrons. The van der Waals surface area contributed by atoms with E-state index in [0.717, 1.165) is 36.8 Å². The van der Waals surface area contributed by atoms with Gasteiger partial charge in [-0.1, -0.05) is 30.0 Å². The standard InChI is InChI=1S/C23H28N4O3S/c1-2-26(18-6-4-3-5-7-18)11-10-24-21(28)17-8-9-20-19(16-17)25-22(29)23(31-20)27-12-14-30-15-13-27/h3-9,16,23H,2,10-15H2,1H3,(H,24,28)(H,25,29). The minimum absolute atomic E-state index is 0.0431. The van der Waals surface area contributed by atoms with Crippen LogP contribution in [0.3, 0.4) is 0 Å². The first-order valence-corrected chi connectivity index (χ1v) is 11.5. The van der Waals surface area contributed by atoms with Crippen molar-refractivity contribution in [3.05, 3.63) is 54.1 Å². The largest absolute Gasteiger partial charge is 0.379 e. The van der Waals surface area contributed by atoms with Gasteiger partial charge < -0.3 is 20.3 Å². The number of hydrogen-bond donors (Lipinski definition) is 2. The van der Waals surface area contributed by atoms with E-state index < -0.39 is 0 Å². The van der Waals surface area contributed by atoms with E-state index in [1.807, 2.05) is 30.3 Å². The predicted molar refractivity (Wildman–Crippen MR) is 124 cm³/mol. The van der Waals surface area contributed by atoms with Crippen LogP contribution in [-0.2, 0) is 9.53 Å². The van der Waals surface area contributed by atoms with Crippen molar-refractivity contribution in [3.63, 3.8) is 0 Å². The molecule has 0 bridgehead atoms. The van der Waals surface area contributed by atoms with Gasteiger partial charge in [-0.3, -0.25) is 14.5 Å². The highest BCUT2D eigenvalue weighted by molar-refractivity contribution is 8.00. The Labute approximate surface area is 187 Å². The van der Waals surface area contributed by atoms with Gasteiger partial charge in [0.1, 0.15) is 5.37 Å². The summed E-state index contributed by atoms with van der Waals surface area (Å²) in [5.41, 5.74) is 2.39. The number of carbonyl (C=O) groups is 2. The van der Waals surface area contributed by atoms with Crippen LogP contribution in [0.4, 0.5) is 11.4 Å². The van der Waals surface area contributed by atoms with Crippen LogP contribution in [0.2, 0.25) is 0 Å². The molecule has 4 rings (SSSR count). The maximum absolute atomic E-state index is 12.7. The molecule has 2 N–H and O–H groups in total. The first-order chi connectivity index (χ1) is 15.2. The number of thioether (sulfide) groups is 1. The number of nitrogens with zero attached hydrogens (tertiary/aromatic N) is 2. The van der Waals surface area contributed by atoms with Gasteiger partial charge in [0.25, 0.3) is 11.8 Å². The maximum Gasteiger partial charge on any atom is 0.252 e. The third kappa shape index (κ3) is 5.20. The second-order valence-electron chi connectivity index (χ2n) is 7.49. The van der Waals surface area contributed by atoms with E-state index >= 15 is 0 Å². The van der Waals surface area contributed by atoms with E-state index in [-0.39, 0.29) is 17.2 Å². The molecule has 1 fully saturated rings. The Balaban J connectivity index is 1.35. The van der Waals surface area contributed by atoms with Crippen molar-refractivity contribution in [1.29, 1.82) is 0 Å². The van der Waals surface area contributed by atoms with Gasteiger partial charge in [-0.25, -0.2) is 0 Å². The van der Waals surface area contributed by atoms with E-state index in [1.54, 1.807) is 6.07 Å². The number of morpholine rings is 1. The highest BCUT2D eigenvalue weighted by atomic mass is 32.2. The number of nitrogens with one attached hydrogen (secondary N) is 2. The zero-order chi connectivity index (χ0) is 21.6. The summed E-state index contributed by atoms with van der Waals surface area (Å²) < 4.78 is 5.39. The average Bonchev–Trinajstić information content (AvgIpc) is 2.82. The van der Waals surface area contributed by atoms with E-state index in [2.05, 4.69) is 39.5 Å². The predicted octanol–water partition coefficient (Wildman–Crippen LogP) is 2.65. The number of anilines is 2. The van der Waals surface area contributed by atoms with Crippen LogP contribution in [0.5, 0.6) is 0 Å². The lowest BCUT2D eigenvalue weighted by Crippen LogP contribution is -2.48. The van der Waals surface area contributed by atoms with Crippen molar-refractivity contribution >= 4 is 35.0 Å². The molecule has 0 radical (unpaired) electrons. The molecule has 0 spiro atoms. The van der Waals surface area contributed by atoms with Crippen molar-refractivity contribution in [2.45, 2.75) is 17.2 Å². The van der Waals surface area contributed by atoms with Crippen molar-refractivity contribution < 1.29 is 14.3 Å². The number of fused-ring (bicyclic) bond motifs is 1. The molecule has 1 saturated heterocycles. The van der Waals surface area contributed by atoms with E-state index in [0.29, 0.717) is 31.0 Å². The summed E-state index contributed by atoms with van der Waals surface area (Å²) in [5.74, 6) is -0.181. The smallest absolute Gasteiger partial charge is 0.252 e. The Kier molecular flexibility index (Phi) is 7.11. The van der Waals surface area contributed by atoms with E-state index in [9.17, 15) is 9.59 Å². The van der Waals surface area contributed by atoms with Gasteiger partial charge in [0.15, 0.2) is 0 Å². The Bertz CT molecular complexity index is 918. The summed E-state index contributed by atoms with van der Waals surface area (Å²) in [5, 5.41) is 5.71. The number of likely N-dealkylation sites (N-methyl/N-ethyl adjacent to an activating group) is 1. The number of ether oxygens (including phenoxy) is 1. The van der Waals surface area contributed by atoms with E-state index in [4.69, 9.17) is 4.74 Å².